The molecule has 0 spiro atoms. The van der Waals surface area contributed by atoms with Crippen LogP contribution in [0.25, 0.3) is 27.3 Å². The van der Waals surface area contributed by atoms with Gasteiger partial charge in [-0.05, 0) is 6.04 Å². The van der Waals surface area contributed by atoms with E-state index in [1.165, 1.54) is 21.5 Å². The molecule has 0 atom stereocenters. The van der Waals surface area contributed by atoms with E-state index in [9.17, 15) is 0 Å². The van der Waals surface area contributed by atoms with Crippen LogP contribution in [0.5, 0.6) is 0 Å². The van der Waals surface area contributed by atoms with Gasteiger partial charge in [-0.25, -0.2) is 0 Å². The monoisotopic (exact) mass is 487 g/mol. The average Bonchev–Trinajstić information content (AvgIpc) is 2.92. The van der Waals surface area contributed by atoms with E-state index in [0.717, 1.165) is 6.04 Å². The molecule has 3 aromatic carbocycles. The fourth-order valence-electron chi connectivity index (χ4n) is 2.13. The predicted octanol–water partition coefficient (Wildman–Crippen LogP) is 8.08. The summed E-state index contributed by atoms with van der Waals surface area (Å²) in [5, 5.41) is 13.7. The van der Waals surface area contributed by atoms with Gasteiger partial charge in [-0.3, -0.25) is 0 Å². The number of hydrogen-bond donors (Lipinski definition) is 1. The first-order chi connectivity index (χ1) is 13.0. The molecule has 0 aromatic heterocycles. The van der Waals surface area contributed by atoms with Gasteiger partial charge in [0, 0.05) is 15.4 Å². The van der Waals surface area contributed by atoms with Crippen molar-refractivity contribution >= 4 is 53.8 Å². The Labute approximate surface area is 193 Å². The van der Waals surface area contributed by atoms with Crippen molar-refractivity contribution in [3.63, 3.8) is 0 Å². The largest absolute Gasteiger partial charge is 0.358 e. The van der Waals surface area contributed by atoms with Crippen LogP contribution in [-0.4, -0.2) is 30.9 Å². The van der Waals surface area contributed by atoms with E-state index in [1.54, 1.807) is 0 Å². The smallest absolute Gasteiger partial charge is 0.0771 e. The zero-order valence-corrected chi connectivity index (χ0v) is 22.6. The fourth-order valence-corrected chi connectivity index (χ4v) is 2.57. The van der Waals surface area contributed by atoms with E-state index >= 15 is 0 Å². The Bertz CT molecular complexity index is 768. The number of benzene rings is 2. The van der Waals surface area contributed by atoms with Crippen LogP contribution in [0.4, 0.5) is 0 Å². The summed E-state index contributed by atoms with van der Waals surface area (Å²) in [7, 11) is 10.1. The molecular formula is C23H35Cl2NOSiTi-3. The summed E-state index contributed by atoms with van der Waals surface area (Å²) in [4.78, 5) is 3.34. The van der Waals surface area contributed by atoms with Gasteiger partial charge in [-0.2, -0.15) is 0 Å². The second-order valence-electron chi connectivity index (χ2n) is 7.59. The molecular weight excluding hydrogens is 453 g/mol. The third-order valence-corrected chi connectivity index (χ3v) is 4.36. The van der Waals surface area contributed by atoms with Crippen LogP contribution in [0.2, 0.25) is 19.1 Å². The van der Waals surface area contributed by atoms with Gasteiger partial charge in [-0.1, -0.05) is 70.3 Å². The van der Waals surface area contributed by atoms with Gasteiger partial charge in [0.25, 0.3) is 0 Å². The SMILES string of the molecule is CC(C)(C)[NH-].C[Si](C)CCO.[CH2]=[Ti]([Cl])[Cl].[CH3-].c1ccc2c(c1)[cH-]c1ccccc12. The maximum Gasteiger partial charge on any atom is -0.0771 e. The van der Waals surface area contributed by atoms with Gasteiger partial charge in [-0.15, -0.1) is 45.3 Å². The molecule has 6 heteroatoms. The van der Waals surface area contributed by atoms with E-state index in [0.29, 0.717) is 6.61 Å². The van der Waals surface area contributed by atoms with Gasteiger partial charge >= 0.3 is 38.7 Å². The number of nitrogens with one attached hydrogen (secondary N) is 1. The Kier molecular flexibility index (Phi) is 17.3. The molecule has 0 fully saturated rings. The fraction of sp³-hybridized carbons (Fsp3) is 0.348. The molecule has 2 nitrogen and oxygen atoms in total. The van der Waals surface area contributed by atoms with Gasteiger partial charge in [0.1, 0.15) is 0 Å². The summed E-state index contributed by atoms with van der Waals surface area (Å²) >= 11 is -1.64. The molecule has 0 aliphatic rings. The van der Waals surface area contributed by atoms with Crippen LogP contribution >= 0.6 is 18.6 Å². The minimum absolute atomic E-state index is 0. The molecule has 0 aliphatic heterocycles. The molecule has 163 valence electrons. The molecule has 0 bridgehead atoms. The number of fused-ring (bicyclic) bond motifs is 3. The second-order valence-corrected chi connectivity index (χ2v) is 16.1. The van der Waals surface area contributed by atoms with E-state index in [1.807, 2.05) is 20.8 Å². The molecule has 1 radical (unpaired) electrons. The summed E-state index contributed by atoms with van der Waals surface area (Å²) in [6.45, 7) is 10.3. The van der Waals surface area contributed by atoms with Crippen LogP contribution in [0.3, 0.4) is 0 Å². The number of halogens is 2. The van der Waals surface area contributed by atoms with Crippen molar-refractivity contribution in [2.75, 3.05) is 6.61 Å². The second kappa shape index (κ2) is 16.3. The topological polar surface area (TPSA) is 44.0 Å². The van der Waals surface area contributed by atoms with Gasteiger partial charge < -0.3 is 18.3 Å². The normalized spacial score (nSPS) is 10.0. The Morgan fingerprint density at radius 1 is 1.00 bits per heavy atom. The molecule has 0 heterocycles. The van der Waals surface area contributed by atoms with Crippen LogP contribution < -0.4 is 0 Å². The summed E-state index contributed by atoms with van der Waals surface area (Å²) in [5.74, 6) is 0. The van der Waals surface area contributed by atoms with Crippen molar-refractivity contribution in [1.29, 1.82) is 0 Å². The summed E-state index contributed by atoms with van der Waals surface area (Å²) < 4.78 is 0. The van der Waals surface area contributed by atoms with Crippen molar-refractivity contribution < 1.29 is 20.4 Å². The summed E-state index contributed by atoms with van der Waals surface area (Å²) in [5.41, 5.74) is 6.69. The van der Waals surface area contributed by atoms with Gasteiger partial charge in [0.15, 0.2) is 0 Å². The van der Waals surface area contributed by atoms with Gasteiger partial charge in [0.05, 0.1) is 0 Å². The molecule has 0 saturated heterocycles. The predicted molar refractivity (Wildman–Crippen MR) is 136 cm³/mol. The maximum absolute atomic E-state index is 8.26. The van der Waals surface area contributed by atoms with Crippen molar-refractivity contribution in [3.05, 3.63) is 67.8 Å². The van der Waals surface area contributed by atoms with Crippen molar-refractivity contribution in [2.24, 2.45) is 0 Å². The van der Waals surface area contributed by atoms with E-state index < -0.39 is 15.3 Å². The van der Waals surface area contributed by atoms with Crippen molar-refractivity contribution in [1.82, 2.24) is 0 Å². The Hall–Kier alpha value is -0.389. The molecule has 0 aliphatic carbocycles. The Morgan fingerprint density at radius 3 is 1.55 bits per heavy atom. The Balaban J connectivity index is 0. The third-order valence-electron chi connectivity index (χ3n) is 3.13. The van der Waals surface area contributed by atoms with Crippen molar-refractivity contribution in [3.8, 4) is 0 Å². The molecule has 0 unspecified atom stereocenters. The molecule has 3 rings (SSSR count). The van der Waals surface area contributed by atoms with Crippen molar-refractivity contribution in [2.45, 2.75) is 45.4 Å². The average molecular weight is 488 g/mol. The minimum atomic E-state index is -1.64. The first-order valence-corrected chi connectivity index (χ1v) is 17.2. The maximum atomic E-state index is 8.26. The van der Waals surface area contributed by atoms with E-state index in [2.05, 4.69) is 72.5 Å². The van der Waals surface area contributed by atoms with Crippen LogP contribution in [-0.2, 0) is 15.3 Å². The van der Waals surface area contributed by atoms with Crippen LogP contribution in [0.15, 0.2) is 54.6 Å². The molecule has 3 aromatic rings. The first kappa shape index (κ1) is 30.8. The molecule has 29 heavy (non-hydrogen) atoms. The van der Waals surface area contributed by atoms with Crippen LogP contribution in [0.1, 0.15) is 20.8 Å². The van der Waals surface area contributed by atoms with E-state index in [-0.39, 0.29) is 21.8 Å². The van der Waals surface area contributed by atoms with Gasteiger partial charge in [0.2, 0.25) is 0 Å². The first-order valence-electron chi connectivity index (χ1n) is 9.13. The van der Waals surface area contributed by atoms with Crippen LogP contribution in [0, 0.1) is 7.43 Å². The molecule has 0 amide bonds. The summed E-state index contributed by atoms with van der Waals surface area (Å²) in [6.07, 6.45) is 0. The quantitative estimate of drug-likeness (QED) is 0.288. The molecule has 0 saturated carbocycles. The number of aliphatic hydroxyl groups excluding tert-OH is 1. The minimum Gasteiger partial charge on any atom is -0.358 e. The third kappa shape index (κ3) is 17.0. The Morgan fingerprint density at radius 2 is 1.31 bits per heavy atom. The number of aliphatic hydroxyl groups is 1. The summed E-state index contributed by atoms with van der Waals surface area (Å²) in [6, 6.07) is 20.3. The standard InChI is InChI=1S/C13H9.C4H10N.C4H11OSi.CH3.CH2.2ClH.Ti/c1-3-7-12-10(5-1)9-11-6-2-4-8-13(11)12;1-4(2,3)5;1-6(2)4-3-5;;;;;/h1-9H;5H,1-3H3;5H,3-4H2,1-2H3;1H3;1H2;2*1H;/q2*-1;;-1;;;;+2/p-2. The van der Waals surface area contributed by atoms with E-state index in [4.69, 9.17) is 29.5 Å². The number of hydrogen-bond acceptors (Lipinski definition) is 1. The number of rotatable bonds is 2. The molecule has 2 N–H and O–H groups in total. The zero-order valence-electron chi connectivity index (χ0n) is 18.5. The zero-order chi connectivity index (χ0) is 21.7.